The summed E-state index contributed by atoms with van der Waals surface area (Å²) in [5.74, 6) is 1.58. The van der Waals surface area contributed by atoms with Gasteiger partial charge in [0.25, 0.3) is 0 Å². The number of amides is 1. The Bertz CT molecular complexity index is 1210. The summed E-state index contributed by atoms with van der Waals surface area (Å²) in [5.41, 5.74) is 3.65. The first-order valence-electron chi connectivity index (χ1n) is 11.7. The first-order chi connectivity index (χ1) is 16.2. The highest BCUT2D eigenvalue weighted by Gasteiger charge is 2.52. The zero-order valence-corrected chi connectivity index (χ0v) is 20.8. The smallest absolute Gasteiger partial charge is 0.410 e. The Hall–Kier alpha value is -2.94. The number of fused-ring (bicyclic) bond motifs is 2. The van der Waals surface area contributed by atoms with Crippen molar-refractivity contribution in [1.82, 2.24) is 19.4 Å². The molecule has 1 aromatic carbocycles. The molecule has 2 aliphatic rings. The third kappa shape index (κ3) is 4.53. The van der Waals surface area contributed by atoms with Crippen molar-refractivity contribution in [2.24, 2.45) is 11.8 Å². The van der Waals surface area contributed by atoms with E-state index in [9.17, 15) is 9.59 Å². The summed E-state index contributed by atoms with van der Waals surface area (Å²) in [6, 6.07) is 5.78. The molecule has 3 aromatic rings. The standard InChI is InChI=1S/C25H30N4O4S/c1-25(2,3)33-24(31)28-8-7-15(18-11-20(18)28)10-22-27-19-6-5-16(23(30)32-4)9-21(19)29(22)13-17-12-26-14-34-17/h5-6,9,12,14-15,18,20H,7-8,10-11,13H2,1-4H3. The Morgan fingerprint density at radius 3 is 2.79 bits per heavy atom. The van der Waals surface area contributed by atoms with Crippen LogP contribution < -0.4 is 0 Å². The molecule has 0 radical (unpaired) electrons. The average molecular weight is 483 g/mol. The van der Waals surface area contributed by atoms with Crippen LogP contribution in [0.2, 0.25) is 0 Å². The molecule has 3 atom stereocenters. The van der Waals surface area contributed by atoms with Gasteiger partial charge in [-0.25, -0.2) is 14.6 Å². The van der Waals surface area contributed by atoms with Crippen LogP contribution in [0.15, 0.2) is 29.9 Å². The number of aromatic nitrogens is 3. The van der Waals surface area contributed by atoms with E-state index < -0.39 is 5.60 Å². The van der Waals surface area contributed by atoms with E-state index >= 15 is 0 Å². The van der Waals surface area contributed by atoms with Gasteiger partial charge in [0.2, 0.25) is 0 Å². The van der Waals surface area contributed by atoms with Gasteiger partial charge in [0, 0.05) is 30.1 Å². The van der Waals surface area contributed by atoms with Crippen molar-refractivity contribution in [2.45, 2.75) is 58.2 Å². The van der Waals surface area contributed by atoms with E-state index in [1.54, 1.807) is 17.4 Å². The second kappa shape index (κ2) is 8.69. The van der Waals surface area contributed by atoms with Crippen molar-refractivity contribution in [3.8, 4) is 0 Å². The highest BCUT2D eigenvalue weighted by atomic mass is 32.1. The van der Waals surface area contributed by atoms with Gasteiger partial charge in [-0.2, -0.15) is 0 Å². The van der Waals surface area contributed by atoms with E-state index in [2.05, 4.69) is 9.55 Å². The van der Waals surface area contributed by atoms with Crippen molar-refractivity contribution < 1.29 is 19.1 Å². The van der Waals surface area contributed by atoms with Crippen molar-refractivity contribution in [3.05, 3.63) is 46.2 Å². The number of methoxy groups -OCH3 is 1. The van der Waals surface area contributed by atoms with Gasteiger partial charge in [0.15, 0.2) is 0 Å². The maximum Gasteiger partial charge on any atom is 0.410 e. The number of nitrogens with zero attached hydrogens (tertiary/aromatic N) is 4. The molecule has 9 heteroatoms. The van der Waals surface area contributed by atoms with Crippen LogP contribution in [0.4, 0.5) is 4.79 Å². The second-order valence-corrected chi connectivity index (χ2v) is 11.1. The minimum Gasteiger partial charge on any atom is -0.465 e. The lowest BCUT2D eigenvalue weighted by molar-refractivity contribution is 0.0162. The van der Waals surface area contributed by atoms with Crippen LogP contribution in [0.5, 0.6) is 0 Å². The van der Waals surface area contributed by atoms with Gasteiger partial charge in [-0.05, 0) is 63.6 Å². The minimum absolute atomic E-state index is 0.203. The summed E-state index contributed by atoms with van der Waals surface area (Å²) < 4.78 is 12.7. The Labute approximate surface area is 202 Å². The molecular formula is C25H30N4O4S. The maximum atomic E-state index is 12.6. The van der Waals surface area contributed by atoms with E-state index in [1.165, 1.54) is 7.11 Å². The highest BCUT2D eigenvalue weighted by Crippen LogP contribution is 2.48. The molecule has 3 heterocycles. The van der Waals surface area contributed by atoms with Gasteiger partial charge in [0.1, 0.15) is 11.4 Å². The van der Waals surface area contributed by atoms with Crippen LogP contribution in [0, 0.1) is 11.8 Å². The van der Waals surface area contributed by atoms with Crippen LogP contribution >= 0.6 is 11.3 Å². The van der Waals surface area contributed by atoms with Gasteiger partial charge in [-0.15, -0.1) is 11.3 Å². The van der Waals surface area contributed by atoms with Gasteiger partial charge in [-0.1, -0.05) is 0 Å². The van der Waals surface area contributed by atoms with E-state index in [0.717, 1.165) is 41.0 Å². The molecule has 1 aliphatic heterocycles. The Morgan fingerprint density at radius 1 is 1.26 bits per heavy atom. The lowest BCUT2D eigenvalue weighted by Gasteiger charge is -2.33. The third-order valence-electron chi connectivity index (χ3n) is 6.67. The monoisotopic (exact) mass is 482 g/mol. The van der Waals surface area contributed by atoms with Gasteiger partial charge >= 0.3 is 12.1 Å². The van der Waals surface area contributed by atoms with Crippen LogP contribution in [-0.2, 0) is 22.4 Å². The predicted molar refractivity (Wildman–Crippen MR) is 129 cm³/mol. The number of rotatable bonds is 5. The van der Waals surface area contributed by atoms with Crippen LogP contribution in [0.1, 0.15) is 54.7 Å². The maximum absolute atomic E-state index is 12.6. The number of hydrogen-bond acceptors (Lipinski definition) is 7. The molecule has 34 heavy (non-hydrogen) atoms. The van der Waals surface area contributed by atoms with Crippen molar-refractivity contribution in [1.29, 1.82) is 0 Å². The third-order valence-corrected chi connectivity index (χ3v) is 7.43. The summed E-state index contributed by atoms with van der Waals surface area (Å²) in [7, 11) is 1.39. The van der Waals surface area contributed by atoms with Crippen LogP contribution in [0.25, 0.3) is 11.0 Å². The van der Waals surface area contributed by atoms with E-state index in [0.29, 0.717) is 30.5 Å². The number of thiazole rings is 1. The normalized spacial score (nSPS) is 21.9. The summed E-state index contributed by atoms with van der Waals surface area (Å²) in [4.78, 5) is 37.0. The summed E-state index contributed by atoms with van der Waals surface area (Å²) in [6.45, 7) is 7.08. The largest absolute Gasteiger partial charge is 0.465 e. The molecule has 1 aliphatic carbocycles. The quantitative estimate of drug-likeness (QED) is 0.497. The molecule has 0 N–H and O–H groups in total. The molecule has 8 nitrogen and oxygen atoms in total. The predicted octanol–water partition coefficient (Wildman–Crippen LogP) is 4.52. The zero-order chi connectivity index (χ0) is 24.0. The number of piperidine rings is 1. The molecule has 1 saturated heterocycles. The number of hydrogen-bond donors (Lipinski definition) is 0. The molecule has 2 fully saturated rings. The van der Waals surface area contributed by atoms with E-state index in [4.69, 9.17) is 14.5 Å². The Balaban J connectivity index is 1.39. The number of esters is 1. The fourth-order valence-corrected chi connectivity index (χ4v) is 5.59. The molecule has 3 unspecified atom stereocenters. The van der Waals surface area contributed by atoms with Gasteiger partial charge < -0.3 is 18.9 Å². The number of carbonyl (C=O) groups excluding carboxylic acids is 2. The summed E-state index contributed by atoms with van der Waals surface area (Å²) in [6.07, 6.45) is 4.46. The molecule has 5 rings (SSSR count). The Kier molecular flexibility index (Phi) is 5.83. The average Bonchev–Trinajstić information content (AvgIpc) is 3.29. The number of ether oxygens (including phenoxy) is 2. The fraction of sp³-hybridized carbons (Fsp3) is 0.520. The number of likely N-dealkylation sites (tertiary alicyclic amines) is 1. The lowest BCUT2D eigenvalue weighted by atomic mass is 9.92. The summed E-state index contributed by atoms with van der Waals surface area (Å²) >= 11 is 1.61. The lowest BCUT2D eigenvalue weighted by Crippen LogP contribution is -2.43. The second-order valence-electron chi connectivity index (χ2n) is 10.2. The van der Waals surface area contributed by atoms with E-state index in [1.807, 2.05) is 49.5 Å². The molecule has 0 spiro atoms. The van der Waals surface area contributed by atoms with Crippen LogP contribution in [0.3, 0.4) is 0 Å². The summed E-state index contributed by atoms with van der Waals surface area (Å²) in [5, 5.41) is 0. The van der Waals surface area contributed by atoms with Crippen LogP contribution in [-0.4, -0.2) is 56.8 Å². The van der Waals surface area contributed by atoms with Crippen molar-refractivity contribution in [2.75, 3.05) is 13.7 Å². The molecule has 1 amide bonds. The first kappa shape index (κ1) is 22.8. The number of benzene rings is 1. The van der Waals surface area contributed by atoms with Crippen molar-refractivity contribution >= 4 is 34.4 Å². The van der Waals surface area contributed by atoms with Gasteiger partial charge in [0.05, 0.1) is 35.8 Å². The molecule has 1 saturated carbocycles. The molecule has 0 bridgehead atoms. The topological polar surface area (TPSA) is 86.5 Å². The highest BCUT2D eigenvalue weighted by molar-refractivity contribution is 7.09. The zero-order valence-electron chi connectivity index (χ0n) is 20.0. The van der Waals surface area contributed by atoms with Gasteiger partial charge in [-0.3, -0.25) is 4.98 Å². The number of imidazole rings is 1. The van der Waals surface area contributed by atoms with E-state index in [-0.39, 0.29) is 18.1 Å². The fourth-order valence-electron chi connectivity index (χ4n) is 5.01. The Morgan fingerprint density at radius 2 is 2.09 bits per heavy atom. The van der Waals surface area contributed by atoms with Crippen molar-refractivity contribution in [3.63, 3.8) is 0 Å². The minimum atomic E-state index is -0.483. The first-order valence-corrected chi connectivity index (χ1v) is 12.6. The number of carbonyl (C=O) groups is 2. The molecule has 180 valence electrons. The SMILES string of the molecule is COC(=O)c1ccc2nc(CC3CCN(C(=O)OC(C)(C)C)C4CC34)n(Cc3cncs3)c2c1. The molecular weight excluding hydrogens is 452 g/mol. The molecule has 2 aromatic heterocycles.